The third kappa shape index (κ3) is 2.09. The van der Waals surface area contributed by atoms with Crippen molar-refractivity contribution in [3.05, 3.63) is 23.6 Å². The van der Waals surface area contributed by atoms with Gasteiger partial charge < -0.3 is 5.73 Å². The van der Waals surface area contributed by atoms with Gasteiger partial charge in [-0.2, -0.15) is 5.10 Å². The minimum absolute atomic E-state index is 0.512. The monoisotopic (exact) mass is 247 g/mol. The highest BCUT2D eigenvalue weighted by molar-refractivity contribution is 7.13. The Labute approximate surface area is 105 Å². The second-order valence-electron chi connectivity index (χ2n) is 4.67. The maximum Gasteiger partial charge on any atom is 0.122 e. The Morgan fingerprint density at radius 3 is 2.82 bits per heavy atom. The first-order valence-corrected chi connectivity index (χ1v) is 7.11. The third-order valence-electron chi connectivity index (χ3n) is 3.46. The summed E-state index contributed by atoms with van der Waals surface area (Å²) in [5, 5.41) is 6.75. The molecule has 0 bridgehead atoms. The summed E-state index contributed by atoms with van der Waals surface area (Å²) < 4.78 is 2.04. The van der Waals surface area contributed by atoms with E-state index in [1.165, 1.54) is 37.0 Å². The van der Waals surface area contributed by atoms with Gasteiger partial charge >= 0.3 is 0 Å². The molecule has 1 aliphatic rings. The summed E-state index contributed by atoms with van der Waals surface area (Å²) >= 11 is 1.71. The number of hydrogen-bond donors (Lipinski definition) is 1. The van der Waals surface area contributed by atoms with Crippen molar-refractivity contribution < 1.29 is 0 Å². The van der Waals surface area contributed by atoms with Gasteiger partial charge in [-0.1, -0.05) is 25.3 Å². The van der Waals surface area contributed by atoms with Crippen molar-refractivity contribution in [1.82, 2.24) is 9.78 Å². The van der Waals surface area contributed by atoms with E-state index in [4.69, 9.17) is 5.73 Å². The van der Waals surface area contributed by atoms with Crippen molar-refractivity contribution in [2.75, 3.05) is 5.73 Å². The van der Waals surface area contributed by atoms with E-state index in [1.807, 2.05) is 10.7 Å². The highest BCUT2D eigenvalue weighted by Crippen LogP contribution is 2.32. The van der Waals surface area contributed by atoms with E-state index < -0.39 is 0 Å². The van der Waals surface area contributed by atoms with Crippen molar-refractivity contribution in [1.29, 1.82) is 0 Å². The van der Waals surface area contributed by atoms with E-state index in [-0.39, 0.29) is 0 Å². The van der Waals surface area contributed by atoms with Crippen LogP contribution in [0.3, 0.4) is 0 Å². The van der Waals surface area contributed by atoms with Crippen LogP contribution >= 0.6 is 11.3 Å². The third-order valence-corrected chi connectivity index (χ3v) is 4.35. The van der Waals surface area contributed by atoms with Crippen LogP contribution in [0.1, 0.15) is 38.1 Å². The minimum Gasteiger partial charge on any atom is -0.384 e. The van der Waals surface area contributed by atoms with E-state index in [0.717, 1.165) is 11.5 Å². The molecule has 0 atom stereocenters. The van der Waals surface area contributed by atoms with E-state index in [2.05, 4.69) is 22.6 Å². The maximum absolute atomic E-state index is 6.08. The predicted molar refractivity (Wildman–Crippen MR) is 72.1 cm³/mol. The zero-order valence-corrected chi connectivity index (χ0v) is 10.6. The van der Waals surface area contributed by atoms with Gasteiger partial charge in [0.2, 0.25) is 0 Å². The first-order valence-electron chi connectivity index (χ1n) is 6.23. The van der Waals surface area contributed by atoms with Gasteiger partial charge in [-0.3, -0.25) is 0 Å². The second kappa shape index (κ2) is 4.53. The van der Waals surface area contributed by atoms with Crippen LogP contribution in [-0.2, 0) is 0 Å². The molecule has 0 amide bonds. The fourth-order valence-corrected chi connectivity index (χ4v) is 3.25. The van der Waals surface area contributed by atoms with Crippen molar-refractivity contribution in [3.63, 3.8) is 0 Å². The van der Waals surface area contributed by atoms with E-state index in [1.54, 1.807) is 11.3 Å². The molecule has 0 radical (unpaired) electrons. The summed E-state index contributed by atoms with van der Waals surface area (Å²) in [5.74, 6) is 0.806. The zero-order chi connectivity index (χ0) is 11.7. The van der Waals surface area contributed by atoms with Crippen LogP contribution < -0.4 is 5.73 Å². The van der Waals surface area contributed by atoms with E-state index in [0.29, 0.717) is 6.04 Å². The number of thiophene rings is 1. The van der Waals surface area contributed by atoms with Crippen LogP contribution in [0, 0.1) is 0 Å². The highest BCUT2D eigenvalue weighted by atomic mass is 32.1. The van der Waals surface area contributed by atoms with Crippen LogP contribution in [-0.4, -0.2) is 9.78 Å². The van der Waals surface area contributed by atoms with Gasteiger partial charge in [0.15, 0.2) is 0 Å². The Morgan fingerprint density at radius 1 is 1.29 bits per heavy atom. The molecule has 3 nitrogen and oxygen atoms in total. The molecule has 3 rings (SSSR count). The standard InChI is InChI=1S/C13H17N3S/c14-13-9-11(12-7-4-8-17-12)15-16(13)10-5-2-1-3-6-10/h4,7-10H,1-3,5-6,14H2. The first-order chi connectivity index (χ1) is 8.34. The Morgan fingerprint density at radius 2 is 2.12 bits per heavy atom. The lowest BCUT2D eigenvalue weighted by Gasteiger charge is -2.22. The molecule has 1 saturated carbocycles. The summed E-state index contributed by atoms with van der Waals surface area (Å²) in [6.07, 6.45) is 6.40. The van der Waals surface area contributed by atoms with E-state index >= 15 is 0 Å². The number of nitrogens with two attached hydrogens (primary N) is 1. The van der Waals surface area contributed by atoms with Crippen LogP contribution in [0.4, 0.5) is 5.82 Å². The molecule has 0 aliphatic heterocycles. The summed E-state index contributed by atoms with van der Waals surface area (Å²) in [7, 11) is 0. The van der Waals surface area contributed by atoms with Crippen LogP contribution in [0.25, 0.3) is 10.6 Å². The molecule has 2 aromatic heterocycles. The molecule has 2 aromatic rings. The molecular weight excluding hydrogens is 230 g/mol. The molecule has 4 heteroatoms. The van der Waals surface area contributed by atoms with Gasteiger partial charge in [0.1, 0.15) is 11.5 Å². The summed E-state index contributed by atoms with van der Waals surface area (Å²) in [6.45, 7) is 0. The number of hydrogen-bond acceptors (Lipinski definition) is 3. The van der Waals surface area contributed by atoms with Gasteiger partial charge in [-0.25, -0.2) is 4.68 Å². The summed E-state index contributed by atoms with van der Waals surface area (Å²) in [5.41, 5.74) is 7.10. The average molecular weight is 247 g/mol. The Balaban J connectivity index is 1.90. The number of nitrogen functional groups attached to an aromatic ring is 1. The average Bonchev–Trinajstić information content (AvgIpc) is 2.99. The number of anilines is 1. The van der Waals surface area contributed by atoms with Crippen molar-refractivity contribution >= 4 is 17.2 Å². The molecule has 0 saturated heterocycles. The first kappa shape index (κ1) is 10.8. The molecule has 0 aromatic carbocycles. The number of aromatic nitrogens is 2. The molecule has 90 valence electrons. The summed E-state index contributed by atoms with van der Waals surface area (Å²) in [6, 6.07) is 6.66. The molecule has 1 fully saturated rings. The van der Waals surface area contributed by atoms with Crippen molar-refractivity contribution in [2.45, 2.75) is 38.1 Å². The number of rotatable bonds is 2. The lowest BCUT2D eigenvalue weighted by Crippen LogP contribution is -2.16. The smallest absolute Gasteiger partial charge is 0.122 e. The lowest BCUT2D eigenvalue weighted by atomic mass is 9.96. The molecular formula is C13H17N3S. The van der Waals surface area contributed by atoms with Gasteiger partial charge in [0, 0.05) is 6.07 Å². The predicted octanol–water partition coefficient (Wildman–Crippen LogP) is 3.70. The van der Waals surface area contributed by atoms with Crippen LogP contribution in [0.2, 0.25) is 0 Å². The van der Waals surface area contributed by atoms with Crippen LogP contribution in [0.5, 0.6) is 0 Å². The quantitative estimate of drug-likeness (QED) is 0.879. The van der Waals surface area contributed by atoms with Gasteiger partial charge in [0.05, 0.1) is 10.9 Å². The second-order valence-corrected chi connectivity index (χ2v) is 5.62. The maximum atomic E-state index is 6.08. The largest absolute Gasteiger partial charge is 0.384 e. The molecule has 1 aliphatic carbocycles. The van der Waals surface area contributed by atoms with Gasteiger partial charge in [-0.05, 0) is 24.3 Å². The van der Waals surface area contributed by atoms with Gasteiger partial charge in [0.25, 0.3) is 0 Å². The van der Waals surface area contributed by atoms with E-state index in [9.17, 15) is 0 Å². The summed E-state index contributed by atoms with van der Waals surface area (Å²) in [4.78, 5) is 1.20. The highest BCUT2D eigenvalue weighted by Gasteiger charge is 2.19. The molecule has 17 heavy (non-hydrogen) atoms. The topological polar surface area (TPSA) is 43.8 Å². The minimum atomic E-state index is 0.512. The Bertz CT molecular complexity index is 481. The number of nitrogens with zero attached hydrogens (tertiary/aromatic N) is 2. The molecule has 0 unspecified atom stereocenters. The SMILES string of the molecule is Nc1cc(-c2cccs2)nn1C1CCCCC1. The molecule has 2 N–H and O–H groups in total. The van der Waals surface area contributed by atoms with Crippen molar-refractivity contribution in [3.8, 4) is 10.6 Å². The fourth-order valence-electron chi connectivity index (χ4n) is 2.57. The Hall–Kier alpha value is -1.29. The zero-order valence-electron chi connectivity index (χ0n) is 9.80. The van der Waals surface area contributed by atoms with Crippen LogP contribution in [0.15, 0.2) is 23.6 Å². The lowest BCUT2D eigenvalue weighted by molar-refractivity contribution is 0.334. The van der Waals surface area contributed by atoms with Crippen molar-refractivity contribution in [2.24, 2.45) is 0 Å². The molecule has 0 spiro atoms. The Kier molecular flexibility index (Phi) is 2.89. The molecule has 2 heterocycles. The van der Waals surface area contributed by atoms with Gasteiger partial charge in [-0.15, -0.1) is 11.3 Å². The normalized spacial score (nSPS) is 17.4. The fraction of sp³-hybridized carbons (Fsp3) is 0.462.